The molecule has 19 heavy (non-hydrogen) atoms. The van der Waals surface area contributed by atoms with Crippen molar-refractivity contribution in [1.29, 1.82) is 0 Å². The van der Waals surface area contributed by atoms with Crippen LogP contribution in [0.3, 0.4) is 0 Å². The standard InChI is InChI=1S/C17H33NO/c1-4-6-7-8-12-17(3,11-5-2)18-13-15-9-10-16(14-18)19-15/h15-16H,4-14H2,1-3H3. The Hall–Kier alpha value is -0.0800. The van der Waals surface area contributed by atoms with E-state index in [1.165, 1.54) is 70.9 Å². The average molecular weight is 267 g/mol. The summed E-state index contributed by atoms with van der Waals surface area (Å²) in [5.41, 5.74) is 0.424. The fraction of sp³-hybridized carbons (Fsp3) is 1.00. The summed E-state index contributed by atoms with van der Waals surface area (Å²) >= 11 is 0. The molecule has 2 fully saturated rings. The molecule has 0 spiro atoms. The first kappa shape index (κ1) is 15.3. The van der Waals surface area contributed by atoms with Gasteiger partial charge in [0.2, 0.25) is 0 Å². The SMILES string of the molecule is CCCCCCC(C)(CCC)N1CC2CCC(C1)O2. The van der Waals surface area contributed by atoms with Gasteiger partial charge in [-0.15, -0.1) is 0 Å². The fourth-order valence-corrected chi connectivity index (χ4v) is 3.97. The number of morpholine rings is 1. The summed E-state index contributed by atoms with van der Waals surface area (Å²) in [6, 6.07) is 0. The van der Waals surface area contributed by atoms with Crippen molar-refractivity contribution in [1.82, 2.24) is 4.90 Å². The highest BCUT2D eigenvalue weighted by Gasteiger charge is 2.40. The topological polar surface area (TPSA) is 12.5 Å². The summed E-state index contributed by atoms with van der Waals surface area (Å²) < 4.78 is 6.00. The van der Waals surface area contributed by atoms with E-state index in [4.69, 9.17) is 4.74 Å². The Morgan fingerprint density at radius 2 is 1.63 bits per heavy atom. The second-order valence-electron chi connectivity index (χ2n) is 6.92. The van der Waals surface area contributed by atoms with E-state index in [-0.39, 0.29) is 0 Å². The Bertz CT molecular complexity index is 256. The first-order chi connectivity index (χ1) is 9.18. The molecule has 0 aromatic rings. The maximum Gasteiger partial charge on any atom is 0.0707 e. The molecular weight excluding hydrogens is 234 g/mol. The van der Waals surface area contributed by atoms with E-state index >= 15 is 0 Å². The van der Waals surface area contributed by atoms with E-state index in [9.17, 15) is 0 Å². The zero-order valence-corrected chi connectivity index (χ0v) is 13.3. The third kappa shape index (κ3) is 3.95. The van der Waals surface area contributed by atoms with Crippen LogP contribution >= 0.6 is 0 Å². The van der Waals surface area contributed by atoms with Crippen molar-refractivity contribution in [3.05, 3.63) is 0 Å². The maximum atomic E-state index is 6.00. The Balaban J connectivity index is 1.89. The Morgan fingerprint density at radius 1 is 0.947 bits per heavy atom. The molecule has 2 aliphatic rings. The van der Waals surface area contributed by atoms with Gasteiger partial charge in [0, 0.05) is 18.6 Å². The molecule has 112 valence electrons. The lowest BCUT2D eigenvalue weighted by atomic mass is 9.87. The van der Waals surface area contributed by atoms with Crippen LogP contribution in [0.5, 0.6) is 0 Å². The van der Waals surface area contributed by atoms with E-state index in [0.29, 0.717) is 17.7 Å². The number of ether oxygens (including phenoxy) is 1. The maximum absolute atomic E-state index is 6.00. The van der Waals surface area contributed by atoms with Gasteiger partial charge < -0.3 is 4.74 Å². The number of unbranched alkanes of at least 4 members (excludes halogenated alkanes) is 3. The molecule has 2 heterocycles. The first-order valence-electron chi connectivity index (χ1n) is 8.58. The van der Waals surface area contributed by atoms with Crippen molar-refractivity contribution < 1.29 is 4.74 Å². The van der Waals surface area contributed by atoms with Gasteiger partial charge in [-0.05, 0) is 32.6 Å². The van der Waals surface area contributed by atoms with E-state index in [2.05, 4.69) is 25.7 Å². The van der Waals surface area contributed by atoms with Crippen LogP contribution in [0.25, 0.3) is 0 Å². The normalized spacial score (nSPS) is 30.5. The van der Waals surface area contributed by atoms with Crippen LogP contribution in [0, 0.1) is 0 Å². The molecule has 0 N–H and O–H groups in total. The Kier molecular flexibility index (Phi) is 5.70. The van der Waals surface area contributed by atoms with Gasteiger partial charge >= 0.3 is 0 Å². The van der Waals surface area contributed by atoms with Crippen molar-refractivity contribution in [2.75, 3.05) is 13.1 Å². The van der Waals surface area contributed by atoms with Crippen molar-refractivity contribution in [3.8, 4) is 0 Å². The molecule has 0 amide bonds. The number of rotatable bonds is 8. The van der Waals surface area contributed by atoms with E-state index in [1.54, 1.807) is 0 Å². The van der Waals surface area contributed by atoms with Crippen molar-refractivity contribution in [2.45, 2.75) is 96.3 Å². The van der Waals surface area contributed by atoms with Crippen LogP contribution in [-0.4, -0.2) is 35.7 Å². The second kappa shape index (κ2) is 7.08. The van der Waals surface area contributed by atoms with Gasteiger partial charge in [-0.25, -0.2) is 0 Å². The van der Waals surface area contributed by atoms with Crippen molar-refractivity contribution in [3.63, 3.8) is 0 Å². The molecule has 3 unspecified atom stereocenters. The smallest absolute Gasteiger partial charge is 0.0707 e. The largest absolute Gasteiger partial charge is 0.372 e. The summed E-state index contributed by atoms with van der Waals surface area (Å²) in [4.78, 5) is 2.77. The van der Waals surface area contributed by atoms with E-state index < -0.39 is 0 Å². The van der Waals surface area contributed by atoms with Gasteiger partial charge in [0.15, 0.2) is 0 Å². The lowest BCUT2D eigenvalue weighted by Gasteiger charge is -2.46. The summed E-state index contributed by atoms with van der Waals surface area (Å²) in [7, 11) is 0. The van der Waals surface area contributed by atoms with Crippen LogP contribution < -0.4 is 0 Å². The molecule has 0 saturated carbocycles. The van der Waals surface area contributed by atoms with Gasteiger partial charge in [0.25, 0.3) is 0 Å². The predicted molar refractivity (Wildman–Crippen MR) is 81.5 cm³/mol. The first-order valence-corrected chi connectivity index (χ1v) is 8.58. The Labute approximate surface area is 119 Å². The van der Waals surface area contributed by atoms with Gasteiger partial charge in [-0.3, -0.25) is 4.90 Å². The summed E-state index contributed by atoms with van der Waals surface area (Å²) in [5, 5.41) is 0. The molecule has 0 aromatic carbocycles. The summed E-state index contributed by atoms with van der Waals surface area (Å²) in [5.74, 6) is 0. The number of fused-ring (bicyclic) bond motifs is 2. The monoisotopic (exact) mass is 267 g/mol. The summed E-state index contributed by atoms with van der Waals surface area (Å²) in [6.45, 7) is 9.50. The molecule has 2 nitrogen and oxygen atoms in total. The van der Waals surface area contributed by atoms with Crippen LogP contribution in [0.15, 0.2) is 0 Å². The van der Waals surface area contributed by atoms with E-state index in [0.717, 1.165) is 0 Å². The third-order valence-electron chi connectivity index (χ3n) is 5.16. The van der Waals surface area contributed by atoms with Gasteiger partial charge in [-0.1, -0.05) is 46.0 Å². The third-order valence-corrected chi connectivity index (χ3v) is 5.16. The Morgan fingerprint density at radius 3 is 2.21 bits per heavy atom. The van der Waals surface area contributed by atoms with Gasteiger partial charge in [0.05, 0.1) is 12.2 Å². The highest BCUT2D eigenvalue weighted by molar-refractivity contribution is 4.94. The molecule has 2 bridgehead atoms. The molecule has 2 heteroatoms. The molecule has 0 aliphatic carbocycles. The molecule has 2 aliphatic heterocycles. The quantitative estimate of drug-likeness (QED) is 0.605. The lowest BCUT2D eigenvalue weighted by Crippen LogP contribution is -2.54. The van der Waals surface area contributed by atoms with Crippen LogP contribution in [0.4, 0.5) is 0 Å². The molecule has 2 saturated heterocycles. The predicted octanol–water partition coefficient (Wildman–Crippen LogP) is 4.38. The van der Waals surface area contributed by atoms with Crippen LogP contribution in [0.1, 0.15) is 78.6 Å². The number of likely N-dealkylation sites (tertiary alicyclic amines) is 1. The minimum atomic E-state index is 0.424. The minimum absolute atomic E-state index is 0.424. The number of hydrogen-bond acceptors (Lipinski definition) is 2. The van der Waals surface area contributed by atoms with Crippen molar-refractivity contribution in [2.24, 2.45) is 0 Å². The molecular formula is C17H33NO. The van der Waals surface area contributed by atoms with Crippen LogP contribution in [-0.2, 0) is 4.74 Å². The fourth-order valence-electron chi connectivity index (χ4n) is 3.97. The highest BCUT2D eigenvalue weighted by Crippen LogP contribution is 2.35. The zero-order chi connectivity index (χ0) is 13.7. The summed E-state index contributed by atoms with van der Waals surface area (Å²) in [6.07, 6.45) is 13.2. The van der Waals surface area contributed by atoms with Crippen LogP contribution in [0.2, 0.25) is 0 Å². The molecule has 2 rings (SSSR count). The molecule has 0 aromatic heterocycles. The molecule has 0 radical (unpaired) electrons. The average Bonchev–Trinajstić information content (AvgIpc) is 2.74. The lowest BCUT2D eigenvalue weighted by molar-refractivity contribution is -0.0792. The van der Waals surface area contributed by atoms with Gasteiger partial charge in [-0.2, -0.15) is 0 Å². The van der Waals surface area contributed by atoms with Gasteiger partial charge in [0.1, 0.15) is 0 Å². The minimum Gasteiger partial charge on any atom is -0.372 e. The molecule has 3 atom stereocenters. The second-order valence-corrected chi connectivity index (χ2v) is 6.92. The highest BCUT2D eigenvalue weighted by atomic mass is 16.5. The number of hydrogen-bond donors (Lipinski definition) is 0. The van der Waals surface area contributed by atoms with E-state index in [1.807, 2.05) is 0 Å². The zero-order valence-electron chi connectivity index (χ0n) is 13.3. The number of nitrogens with zero attached hydrogens (tertiary/aromatic N) is 1. The van der Waals surface area contributed by atoms with Crippen molar-refractivity contribution >= 4 is 0 Å².